The van der Waals surface area contributed by atoms with Gasteiger partial charge in [-0.1, -0.05) is 53.2 Å². The quantitative estimate of drug-likeness (QED) is 0.210. The fourth-order valence-corrected chi connectivity index (χ4v) is 4.09. The van der Waals surface area contributed by atoms with Crippen molar-refractivity contribution in [2.24, 2.45) is 5.10 Å². The molecule has 1 heterocycles. The van der Waals surface area contributed by atoms with Gasteiger partial charge < -0.3 is 5.11 Å². The molecule has 9 heteroatoms. The Kier molecular flexibility index (Phi) is 7.30. The monoisotopic (exact) mass is 491 g/mol. The van der Waals surface area contributed by atoms with Crippen molar-refractivity contribution in [3.05, 3.63) is 88.9 Å². The predicted molar refractivity (Wildman–Crippen MR) is 136 cm³/mol. The number of phenols is 1. The number of rotatable bonds is 7. The van der Waals surface area contributed by atoms with Gasteiger partial charge in [0.1, 0.15) is 5.75 Å². The number of hydrogen-bond acceptors (Lipinski definition) is 6. The van der Waals surface area contributed by atoms with Crippen LogP contribution in [0.25, 0.3) is 17.1 Å². The van der Waals surface area contributed by atoms with Crippen LogP contribution in [0.1, 0.15) is 18.1 Å². The first-order valence-electron chi connectivity index (χ1n) is 10.4. The molecule has 0 unspecified atom stereocenters. The first-order chi connectivity index (χ1) is 16.4. The molecular formula is C25H22ClN5O2S. The largest absolute Gasteiger partial charge is 0.507 e. The maximum Gasteiger partial charge on any atom is 0.250 e. The molecule has 0 spiro atoms. The second-order valence-electron chi connectivity index (χ2n) is 7.52. The number of para-hydroxylation sites is 1. The molecule has 0 aliphatic rings. The Labute approximate surface area is 206 Å². The first-order valence-corrected chi connectivity index (χ1v) is 11.8. The number of aromatic nitrogens is 3. The summed E-state index contributed by atoms with van der Waals surface area (Å²) in [7, 11) is 0. The number of aromatic hydroxyl groups is 1. The summed E-state index contributed by atoms with van der Waals surface area (Å²) in [6.45, 7) is 3.74. The van der Waals surface area contributed by atoms with Crippen molar-refractivity contribution < 1.29 is 9.90 Å². The molecule has 0 aliphatic heterocycles. The third-order valence-corrected chi connectivity index (χ3v) is 6.18. The molecule has 4 rings (SSSR count). The van der Waals surface area contributed by atoms with Crippen LogP contribution in [0.3, 0.4) is 0 Å². The maximum atomic E-state index is 12.5. The Bertz CT molecular complexity index is 1330. The molecule has 0 bridgehead atoms. The number of aryl methyl sites for hydroxylation is 1. The van der Waals surface area contributed by atoms with E-state index in [0.717, 1.165) is 16.8 Å². The minimum atomic E-state index is -0.300. The van der Waals surface area contributed by atoms with E-state index in [1.807, 2.05) is 47.9 Å². The summed E-state index contributed by atoms with van der Waals surface area (Å²) in [4.78, 5) is 12.5. The standard InChI is InChI=1S/C25H22ClN5O2S/c1-16-7-13-20(14-8-16)31-24(18-9-11-19(26)12-10-18)29-30-25(31)34-15-23(33)28-27-17(2)21-5-3-4-6-22(21)32/h3-14,32H,15H2,1-2H3,(H,28,33)/b27-17-. The van der Waals surface area contributed by atoms with E-state index in [4.69, 9.17) is 11.6 Å². The van der Waals surface area contributed by atoms with Crippen molar-refractivity contribution in [3.8, 4) is 22.8 Å². The summed E-state index contributed by atoms with van der Waals surface area (Å²) in [5.74, 6) is 0.540. The molecule has 2 N–H and O–H groups in total. The molecule has 0 atom stereocenters. The van der Waals surface area contributed by atoms with Crippen LogP contribution in [0.2, 0.25) is 5.02 Å². The second kappa shape index (κ2) is 10.5. The lowest BCUT2D eigenvalue weighted by Crippen LogP contribution is -2.21. The minimum absolute atomic E-state index is 0.0855. The van der Waals surface area contributed by atoms with Gasteiger partial charge in [-0.15, -0.1) is 10.2 Å². The fourth-order valence-electron chi connectivity index (χ4n) is 3.22. The molecule has 0 aliphatic carbocycles. The maximum absolute atomic E-state index is 12.5. The number of nitrogens with one attached hydrogen (secondary N) is 1. The van der Waals surface area contributed by atoms with Crippen LogP contribution in [-0.2, 0) is 4.79 Å². The third kappa shape index (κ3) is 5.47. The molecule has 0 saturated heterocycles. The van der Waals surface area contributed by atoms with Crippen LogP contribution in [0.4, 0.5) is 0 Å². The Morgan fingerprint density at radius 3 is 2.47 bits per heavy atom. The molecule has 0 radical (unpaired) electrons. The number of carbonyl (C=O) groups is 1. The fraction of sp³-hybridized carbons (Fsp3) is 0.120. The van der Waals surface area contributed by atoms with Gasteiger partial charge in [0.25, 0.3) is 5.91 Å². The van der Waals surface area contributed by atoms with Gasteiger partial charge >= 0.3 is 0 Å². The number of halogens is 1. The van der Waals surface area contributed by atoms with Crippen molar-refractivity contribution in [3.63, 3.8) is 0 Å². The molecule has 172 valence electrons. The zero-order chi connectivity index (χ0) is 24.1. The number of amides is 1. The van der Waals surface area contributed by atoms with Gasteiger partial charge in [-0.2, -0.15) is 5.10 Å². The lowest BCUT2D eigenvalue weighted by atomic mass is 10.1. The summed E-state index contributed by atoms with van der Waals surface area (Å²) >= 11 is 7.30. The Morgan fingerprint density at radius 1 is 1.06 bits per heavy atom. The summed E-state index contributed by atoms with van der Waals surface area (Å²) in [6.07, 6.45) is 0. The van der Waals surface area contributed by atoms with Gasteiger partial charge in [-0.05, 0) is 62.4 Å². The molecule has 34 heavy (non-hydrogen) atoms. The average molecular weight is 492 g/mol. The Morgan fingerprint density at radius 2 is 1.76 bits per heavy atom. The summed E-state index contributed by atoms with van der Waals surface area (Å²) < 4.78 is 1.91. The molecular weight excluding hydrogens is 470 g/mol. The van der Waals surface area contributed by atoms with Gasteiger partial charge in [0, 0.05) is 21.8 Å². The van der Waals surface area contributed by atoms with Crippen molar-refractivity contribution >= 4 is 35.0 Å². The molecule has 4 aromatic rings. The van der Waals surface area contributed by atoms with Gasteiger partial charge in [-0.25, -0.2) is 5.43 Å². The van der Waals surface area contributed by atoms with Crippen molar-refractivity contribution in [1.82, 2.24) is 20.2 Å². The van der Waals surface area contributed by atoms with Crippen LogP contribution in [0, 0.1) is 6.92 Å². The smallest absolute Gasteiger partial charge is 0.250 e. The van der Waals surface area contributed by atoms with Crippen LogP contribution >= 0.6 is 23.4 Å². The topological polar surface area (TPSA) is 92.4 Å². The Hall–Kier alpha value is -3.62. The highest BCUT2D eigenvalue weighted by molar-refractivity contribution is 7.99. The first kappa shape index (κ1) is 23.5. The number of phenolic OH excluding ortho intramolecular Hbond substituents is 1. The number of hydrazone groups is 1. The average Bonchev–Trinajstić information content (AvgIpc) is 3.26. The lowest BCUT2D eigenvalue weighted by molar-refractivity contribution is -0.118. The molecule has 0 fully saturated rings. The van der Waals surface area contributed by atoms with E-state index in [9.17, 15) is 9.90 Å². The number of benzene rings is 3. The highest BCUT2D eigenvalue weighted by Crippen LogP contribution is 2.29. The van der Waals surface area contributed by atoms with E-state index in [0.29, 0.717) is 27.3 Å². The van der Waals surface area contributed by atoms with Gasteiger partial charge in [0.15, 0.2) is 11.0 Å². The lowest BCUT2D eigenvalue weighted by Gasteiger charge is -2.11. The highest BCUT2D eigenvalue weighted by Gasteiger charge is 2.17. The van der Waals surface area contributed by atoms with Crippen molar-refractivity contribution in [1.29, 1.82) is 0 Å². The van der Waals surface area contributed by atoms with E-state index in [-0.39, 0.29) is 17.4 Å². The van der Waals surface area contributed by atoms with E-state index in [1.54, 1.807) is 43.3 Å². The minimum Gasteiger partial charge on any atom is -0.507 e. The van der Waals surface area contributed by atoms with E-state index < -0.39 is 0 Å². The predicted octanol–water partition coefficient (Wildman–Crippen LogP) is 5.23. The van der Waals surface area contributed by atoms with E-state index in [2.05, 4.69) is 20.7 Å². The van der Waals surface area contributed by atoms with Crippen molar-refractivity contribution in [2.75, 3.05) is 5.75 Å². The Balaban J connectivity index is 1.54. The summed E-state index contributed by atoms with van der Waals surface area (Å²) in [6, 6.07) is 22.2. The number of thioether (sulfide) groups is 1. The highest BCUT2D eigenvalue weighted by atomic mass is 35.5. The molecule has 7 nitrogen and oxygen atoms in total. The van der Waals surface area contributed by atoms with E-state index >= 15 is 0 Å². The molecule has 3 aromatic carbocycles. The van der Waals surface area contributed by atoms with Gasteiger partial charge in [0.05, 0.1) is 11.5 Å². The number of hydrogen-bond donors (Lipinski definition) is 2. The zero-order valence-corrected chi connectivity index (χ0v) is 20.1. The summed E-state index contributed by atoms with van der Waals surface area (Å²) in [5.41, 5.74) is 6.48. The van der Waals surface area contributed by atoms with Crippen LogP contribution in [-0.4, -0.2) is 37.2 Å². The number of carbonyl (C=O) groups excluding carboxylic acids is 1. The third-order valence-electron chi connectivity index (χ3n) is 5.00. The second-order valence-corrected chi connectivity index (χ2v) is 8.90. The summed E-state index contributed by atoms with van der Waals surface area (Å²) in [5, 5.41) is 24.0. The van der Waals surface area contributed by atoms with E-state index in [1.165, 1.54) is 11.8 Å². The van der Waals surface area contributed by atoms with Crippen LogP contribution in [0.5, 0.6) is 5.75 Å². The molecule has 0 saturated carbocycles. The van der Waals surface area contributed by atoms with Crippen molar-refractivity contribution in [2.45, 2.75) is 19.0 Å². The van der Waals surface area contributed by atoms with Crippen LogP contribution < -0.4 is 5.43 Å². The normalized spacial score (nSPS) is 11.4. The van der Waals surface area contributed by atoms with Gasteiger partial charge in [-0.3, -0.25) is 9.36 Å². The molecule has 1 amide bonds. The SMILES string of the molecule is C/C(=N/NC(=O)CSc1nnc(-c2ccc(Cl)cc2)n1-c1ccc(C)cc1)c1ccccc1O. The molecule has 1 aromatic heterocycles. The number of nitrogens with zero attached hydrogens (tertiary/aromatic N) is 4. The zero-order valence-electron chi connectivity index (χ0n) is 18.6. The van der Waals surface area contributed by atoms with Gasteiger partial charge in [0.2, 0.25) is 0 Å². The van der Waals surface area contributed by atoms with Crippen LogP contribution in [0.15, 0.2) is 83.1 Å².